The molecule has 9 aromatic rings. The average molecular weight is 610 g/mol. The predicted molar refractivity (Wildman–Crippen MR) is 205 cm³/mol. The SMILES string of the molecule is c1ccc2c(c1)Cc1ccccc1N2c1ccc(-c2cc3cc(-c4ccc5ccccc5c4)c4ccccc4c3c3ccccc23)cc1. The lowest BCUT2D eigenvalue weighted by Gasteiger charge is -2.33. The Bertz CT molecular complexity index is 2650. The molecule has 0 bridgehead atoms. The van der Waals surface area contributed by atoms with Gasteiger partial charge in [-0.05, 0) is 119 Å². The maximum absolute atomic E-state index is 2.42. The summed E-state index contributed by atoms with van der Waals surface area (Å²) in [5.74, 6) is 0. The summed E-state index contributed by atoms with van der Waals surface area (Å²) in [4.78, 5) is 2.42. The fourth-order valence-electron chi connectivity index (χ4n) is 7.98. The van der Waals surface area contributed by atoms with Gasteiger partial charge in [-0.1, -0.05) is 133 Å². The summed E-state index contributed by atoms with van der Waals surface area (Å²) in [7, 11) is 0. The van der Waals surface area contributed by atoms with Crippen LogP contribution in [0.4, 0.5) is 17.1 Å². The zero-order valence-electron chi connectivity index (χ0n) is 26.4. The van der Waals surface area contributed by atoms with Gasteiger partial charge in [-0.3, -0.25) is 0 Å². The molecule has 0 amide bonds. The molecule has 0 aromatic heterocycles. The molecule has 0 unspecified atom stereocenters. The van der Waals surface area contributed by atoms with Crippen LogP contribution >= 0.6 is 0 Å². The largest absolute Gasteiger partial charge is 0.310 e. The van der Waals surface area contributed by atoms with E-state index in [2.05, 4.69) is 181 Å². The Labute approximate surface area is 280 Å². The van der Waals surface area contributed by atoms with Gasteiger partial charge >= 0.3 is 0 Å². The minimum atomic E-state index is 0.958. The Kier molecular flexibility index (Phi) is 6.01. The molecule has 0 spiro atoms. The molecule has 48 heavy (non-hydrogen) atoms. The second kappa shape index (κ2) is 10.7. The van der Waals surface area contributed by atoms with E-state index in [0.717, 1.165) is 6.42 Å². The third-order valence-corrected chi connectivity index (χ3v) is 10.2. The zero-order valence-corrected chi connectivity index (χ0v) is 26.4. The number of nitrogens with zero attached hydrogens (tertiary/aromatic N) is 1. The maximum Gasteiger partial charge on any atom is 0.0497 e. The first-order valence-corrected chi connectivity index (χ1v) is 16.7. The molecule has 1 aliphatic heterocycles. The van der Waals surface area contributed by atoms with Crippen LogP contribution in [0.1, 0.15) is 11.1 Å². The van der Waals surface area contributed by atoms with E-state index in [1.165, 1.54) is 93.5 Å². The van der Waals surface area contributed by atoms with E-state index in [1.54, 1.807) is 0 Å². The lowest BCUT2D eigenvalue weighted by molar-refractivity contribution is 1.09. The molecule has 0 atom stereocenters. The van der Waals surface area contributed by atoms with Crippen LogP contribution < -0.4 is 4.90 Å². The number of fused-ring (bicyclic) bond motifs is 8. The minimum Gasteiger partial charge on any atom is -0.310 e. The van der Waals surface area contributed by atoms with Gasteiger partial charge in [0.2, 0.25) is 0 Å². The molecule has 1 nitrogen and oxygen atoms in total. The van der Waals surface area contributed by atoms with Crippen LogP contribution in [0.5, 0.6) is 0 Å². The molecule has 0 radical (unpaired) electrons. The van der Waals surface area contributed by atoms with E-state index in [-0.39, 0.29) is 0 Å². The number of anilines is 3. The highest BCUT2D eigenvalue weighted by Crippen LogP contribution is 2.45. The second-order valence-electron chi connectivity index (χ2n) is 12.9. The molecule has 224 valence electrons. The molecule has 1 aliphatic rings. The molecule has 0 saturated heterocycles. The molecular weight excluding hydrogens is 579 g/mol. The van der Waals surface area contributed by atoms with Crippen molar-refractivity contribution in [2.24, 2.45) is 0 Å². The molecule has 0 N–H and O–H groups in total. The van der Waals surface area contributed by atoms with Crippen molar-refractivity contribution in [1.82, 2.24) is 0 Å². The van der Waals surface area contributed by atoms with Crippen molar-refractivity contribution in [2.45, 2.75) is 6.42 Å². The number of hydrogen-bond acceptors (Lipinski definition) is 1. The first kappa shape index (κ1) is 27.0. The first-order chi connectivity index (χ1) is 23.8. The Morgan fingerprint density at radius 2 is 0.854 bits per heavy atom. The van der Waals surface area contributed by atoms with Crippen molar-refractivity contribution in [3.05, 3.63) is 187 Å². The van der Waals surface area contributed by atoms with Gasteiger partial charge in [0.15, 0.2) is 0 Å². The van der Waals surface area contributed by atoms with Crippen LogP contribution in [0.3, 0.4) is 0 Å². The average Bonchev–Trinajstić information content (AvgIpc) is 3.16. The van der Waals surface area contributed by atoms with E-state index >= 15 is 0 Å². The topological polar surface area (TPSA) is 3.24 Å². The zero-order chi connectivity index (χ0) is 31.6. The third-order valence-electron chi connectivity index (χ3n) is 10.2. The summed E-state index contributed by atoms with van der Waals surface area (Å²) in [6.07, 6.45) is 0.958. The highest BCUT2D eigenvalue weighted by Gasteiger charge is 2.23. The van der Waals surface area contributed by atoms with Crippen LogP contribution in [0.25, 0.3) is 65.3 Å². The van der Waals surface area contributed by atoms with Crippen molar-refractivity contribution in [3.63, 3.8) is 0 Å². The standard InChI is InChI=1S/C47H31N/c1-2-12-33-27-34(22-21-31(33)11-1)44-30-37-29-43(39-15-5-7-17-41(39)47(37)42-18-8-6-16-40(42)44)32-23-25-38(26-24-32)48-45-19-9-3-13-35(45)28-36-14-4-10-20-46(36)48/h1-27,29-30H,28H2. The Morgan fingerprint density at radius 3 is 1.50 bits per heavy atom. The normalized spacial score (nSPS) is 12.5. The minimum absolute atomic E-state index is 0.958. The van der Waals surface area contributed by atoms with Gasteiger partial charge in [0.25, 0.3) is 0 Å². The van der Waals surface area contributed by atoms with E-state index in [4.69, 9.17) is 0 Å². The highest BCUT2D eigenvalue weighted by atomic mass is 15.2. The van der Waals surface area contributed by atoms with Crippen LogP contribution in [0, 0.1) is 0 Å². The third kappa shape index (κ3) is 4.18. The van der Waals surface area contributed by atoms with Crippen LogP contribution in [-0.4, -0.2) is 0 Å². The molecule has 0 fully saturated rings. The van der Waals surface area contributed by atoms with Gasteiger partial charge in [-0.25, -0.2) is 0 Å². The second-order valence-corrected chi connectivity index (χ2v) is 12.9. The van der Waals surface area contributed by atoms with Gasteiger partial charge in [-0.2, -0.15) is 0 Å². The number of rotatable bonds is 3. The smallest absolute Gasteiger partial charge is 0.0497 e. The van der Waals surface area contributed by atoms with Gasteiger partial charge in [0.05, 0.1) is 0 Å². The fraction of sp³-hybridized carbons (Fsp3) is 0.0213. The van der Waals surface area contributed by atoms with E-state index in [0.29, 0.717) is 0 Å². The van der Waals surface area contributed by atoms with Crippen LogP contribution in [-0.2, 0) is 6.42 Å². The van der Waals surface area contributed by atoms with Crippen LogP contribution in [0.15, 0.2) is 176 Å². The van der Waals surface area contributed by atoms with Gasteiger partial charge in [-0.15, -0.1) is 0 Å². The summed E-state index contributed by atoms with van der Waals surface area (Å²) in [6.45, 7) is 0. The molecule has 0 aliphatic carbocycles. The van der Waals surface area contributed by atoms with Gasteiger partial charge in [0, 0.05) is 23.5 Å². The van der Waals surface area contributed by atoms with Crippen LogP contribution in [0.2, 0.25) is 0 Å². The lowest BCUT2D eigenvalue weighted by atomic mass is 9.87. The number of para-hydroxylation sites is 2. The van der Waals surface area contributed by atoms with E-state index in [1.807, 2.05) is 0 Å². The summed E-state index contributed by atoms with van der Waals surface area (Å²) >= 11 is 0. The van der Waals surface area contributed by atoms with Crippen molar-refractivity contribution >= 4 is 60.2 Å². The lowest BCUT2D eigenvalue weighted by Crippen LogP contribution is -2.18. The molecule has 1 heteroatoms. The van der Waals surface area contributed by atoms with Crippen molar-refractivity contribution in [3.8, 4) is 22.3 Å². The molecular formula is C47H31N. The quantitative estimate of drug-likeness (QED) is 0.180. The molecule has 9 aromatic carbocycles. The highest BCUT2D eigenvalue weighted by molar-refractivity contribution is 6.25. The molecule has 10 rings (SSSR count). The number of benzene rings is 9. The van der Waals surface area contributed by atoms with E-state index in [9.17, 15) is 0 Å². The fourth-order valence-corrected chi connectivity index (χ4v) is 7.98. The maximum atomic E-state index is 2.42. The van der Waals surface area contributed by atoms with Crippen molar-refractivity contribution in [1.29, 1.82) is 0 Å². The Balaban J connectivity index is 1.17. The van der Waals surface area contributed by atoms with Crippen molar-refractivity contribution < 1.29 is 0 Å². The van der Waals surface area contributed by atoms with Gasteiger partial charge < -0.3 is 4.90 Å². The summed E-state index contributed by atoms with van der Waals surface area (Å²) in [5, 5.41) is 10.2. The predicted octanol–water partition coefficient (Wildman–Crippen LogP) is 13.0. The molecule has 1 heterocycles. The Hall–Kier alpha value is -6.18. The van der Waals surface area contributed by atoms with Crippen molar-refractivity contribution in [2.75, 3.05) is 4.90 Å². The summed E-state index contributed by atoms with van der Waals surface area (Å²) < 4.78 is 0. The first-order valence-electron chi connectivity index (χ1n) is 16.7. The summed E-state index contributed by atoms with van der Waals surface area (Å²) in [5.41, 5.74) is 11.4. The number of hydrogen-bond donors (Lipinski definition) is 0. The molecule has 0 saturated carbocycles. The van der Waals surface area contributed by atoms with Gasteiger partial charge in [0.1, 0.15) is 0 Å². The van der Waals surface area contributed by atoms with E-state index < -0.39 is 0 Å². The Morgan fingerprint density at radius 1 is 0.354 bits per heavy atom. The monoisotopic (exact) mass is 609 g/mol. The summed E-state index contributed by atoms with van der Waals surface area (Å²) in [6, 6.07) is 64.8.